The number of phenols is 1. The maximum Gasteiger partial charge on any atom is 0.213 e. The Bertz CT molecular complexity index is 841. The van der Waals surface area contributed by atoms with Crippen LogP contribution in [0.4, 0.5) is 5.69 Å². The van der Waals surface area contributed by atoms with E-state index in [2.05, 4.69) is 31.2 Å². The van der Waals surface area contributed by atoms with Crippen LogP contribution >= 0.6 is 0 Å². The first-order valence-electron chi connectivity index (χ1n) is 10.8. The summed E-state index contributed by atoms with van der Waals surface area (Å²) in [5.41, 5.74) is 1.99. The molecule has 1 aliphatic heterocycles. The highest BCUT2D eigenvalue weighted by Gasteiger charge is 2.21. The Morgan fingerprint density at radius 1 is 1.13 bits per heavy atom. The first-order chi connectivity index (χ1) is 14.7. The van der Waals surface area contributed by atoms with Crippen LogP contribution in [0, 0.1) is 0 Å². The van der Waals surface area contributed by atoms with Crippen LogP contribution in [0.1, 0.15) is 31.2 Å². The molecule has 0 radical (unpaired) electrons. The van der Waals surface area contributed by atoms with E-state index in [1.165, 1.54) is 12.8 Å². The molecular formula is C23H31N5O2. The van der Waals surface area contributed by atoms with E-state index in [0.29, 0.717) is 18.4 Å². The number of benzene rings is 1. The number of para-hydroxylation sites is 2. The number of aromatic hydroxyl groups is 1. The maximum atomic E-state index is 10.1. The summed E-state index contributed by atoms with van der Waals surface area (Å²) in [6.45, 7) is 4.05. The summed E-state index contributed by atoms with van der Waals surface area (Å²) in [6, 6.07) is 11.5. The summed E-state index contributed by atoms with van der Waals surface area (Å²) in [7, 11) is 1.81. The Morgan fingerprint density at radius 2 is 1.90 bits per heavy atom. The van der Waals surface area contributed by atoms with E-state index in [1.54, 1.807) is 6.07 Å². The van der Waals surface area contributed by atoms with Gasteiger partial charge in [0.15, 0.2) is 5.96 Å². The Labute approximate surface area is 178 Å². The SMILES string of the molecule is CN=C(NCc1ccc(OC2CCCC2)nc1)N1CCN(c2ccccc2O)CC1. The second-order valence-electron chi connectivity index (χ2n) is 7.89. The van der Waals surface area contributed by atoms with Crippen molar-refractivity contribution in [3.8, 4) is 11.6 Å². The van der Waals surface area contributed by atoms with Gasteiger partial charge in [0.05, 0.1) is 5.69 Å². The smallest absolute Gasteiger partial charge is 0.213 e. The third kappa shape index (κ3) is 4.96. The van der Waals surface area contributed by atoms with Crippen LogP contribution in [0.2, 0.25) is 0 Å². The van der Waals surface area contributed by atoms with Gasteiger partial charge in [-0.05, 0) is 43.4 Å². The number of ether oxygens (including phenoxy) is 1. The van der Waals surface area contributed by atoms with Gasteiger partial charge in [-0.15, -0.1) is 0 Å². The fourth-order valence-electron chi connectivity index (χ4n) is 4.17. The zero-order chi connectivity index (χ0) is 20.8. The Balaban J connectivity index is 1.26. The fraction of sp³-hybridized carbons (Fsp3) is 0.478. The molecule has 2 heterocycles. The third-order valence-electron chi connectivity index (χ3n) is 5.85. The maximum absolute atomic E-state index is 10.1. The molecular weight excluding hydrogens is 378 g/mol. The molecule has 1 aromatic carbocycles. The molecule has 4 rings (SSSR count). The number of pyridine rings is 1. The molecule has 1 saturated carbocycles. The molecule has 2 aliphatic rings. The number of phenolic OH excluding ortho intramolecular Hbond substituents is 1. The fourth-order valence-corrected chi connectivity index (χ4v) is 4.17. The summed E-state index contributed by atoms with van der Waals surface area (Å²) in [6.07, 6.45) is 6.99. The lowest BCUT2D eigenvalue weighted by molar-refractivity contribution is 0.201. The highest BCUT2D eigenvalue weighted by molar-refractivity contribution is 5.80. The van der Waals surface area contributed by atoms with Crippen molar-refractivity contribution in [2.24, 2.45) is 4.99 Å². The van der Waals surface area contributed by atoms with Gasteiger partial charge in [0, 0.05) is 52.0 Å². The minimum atomic E-state index is 0.330. The van der Waals surface area contributed by atoms with E-state index in [-0.39, 0.29) is 0 Å². The summed E-state index contributed by atoms with van der Waals surface area (Å²) in [5.74, 6) is 1.94. The van der Waals surface area contributed by atoms with Gasteiger partial charge < -0.3 is 25.0 Å². The van der Waals surface area contributed by atoms with Gasteiger partial charge in [0.2, 0.25) is 5.88 Å². The van der Waals surface area contributed by atoms with E-state index in [1.807, 2.05) is 37.5 Å². The van der Waals surface area contributed by atoms with E-state index in [0.717, 1.165) is 62.1 Å². The average Bonchev–Trinajstić information content (AvgIpc) is 3.29. The minimum absolute atomic E-state index is 0.330. The van der Waals surface area contributed by atoms with Gasteiger partial charge in [-0.3, -0.25) is 4.99 Å². The largest absolute Gasteiger partial charge is 0.506 e. The highest BCUT2D eigenvalue weighted by Crippen LogP contribution is 2.27. The normalized spacial score (nSPS) is 18.0. The van der Waals surface area contributed by atoms with Crippen molar-refractivity contribution in [3.63, 3.8) is 0 Å². The molecule has 0 amide bonds. The van der Waals surface area contributed by atoms with Gasteiger partial charge in [0.25, 0.3) is 0 Å². The number of hydrogen-bond donors (Lipinski definition) is 2. The molecule has 2 N–H and O–H groups in total. The van der Waals surface area contributed by atoms with Crippen molar-refractivity contribution in [2.45, 2.75) is 38.3 Å². The predicted molar refractivity (Wildman–Crippen MR) is 119 cm³/mol. The monoisotopic (exact) mass is 409 g/mol. The molecule has 7 heteroatoms. The van der Waals surface area contributed by atoms with E-state index < -0.39 is 0 Å². The minimum Gasteiger partial charge on any atom is -0.506 e. The molecule has 1 aromatic heterocycles. The molecule has 1 aliphatic carbocycles. The molecule has 1 saturated heterocycles. The van der Waals surface area contributed by atoms with Crippen molar-refractivity contribution in [1.29, 1.82) is 0 Å². The number of piperazine rings is 1. The van der Waals surface area contributed by atoms with Crippen LogP contribution in [-0.4, -0.2) is 60.3 Å². The number of aliphatic imine (C=N–C) groups is 1. The van der Waals surface area contributed by atoms with Gasteiger partial charge in [-0.2, -0.15) is 0 Å². The Kier molecular flexibility index (Phi) is 6.57. The lowest BCUT2D eigenvalue weighted by Gasteiger charge is -2.37. The van der Waals surface area contributed by atoms with E-state index >= 15 is 0 Å². The van der Waals surface area contributed by atoms with Gasteiger partial charge in [-0.25, -0.2) is 4.98 Å². The quantitative estimate of drug-likeness (QED) is 0.584. The average molecular weight is 410 g/mol. The number of rotatable bonds is 5. The number of nitrogens with one attached hydrogen (secondary N) is 1. The van der Waals surface area contributed by atoms with E-state index in [4.69, 9.17) is 4.74 Å². The topological polar surface area (TPSA) is 73.2 Å². The molecule has 0 unspecified atom stereocenters. The highest BCUT2D eigenvalue weighted by atomic mass is 16.5. The van der Waals surface area contributed by atoms with Crippen LogP contribution in [-0.2, 0) is 6.54 Å². The molecule has 30 heavy (non-hydrogen) atoms. The summed E-state index contributed by atoms with van der Waals surface area (Å²) in [4.78, 5) is 13.4. The second-order valence-corrected chi connectivity index (χ2v) is 7.89. The van der Waals surface area contributed by atoms with Crippen molar-refractivity contribution >= 4 is 11.6 Å². The summed E-state index contributed by atoms with van der Waals surface area (Å²) < 4.78 is 5.94. The predicted octanol–water partition coefficient (Wildman–Crippen LogP) is 3.01. The first kappa shape index (κ1) is 20.3. The van der Waals surface area contributed by atoms with Crippen LogP contribution in [0.15, 0.2) is 47.6 Å². The molecule has 7 nitrogen and oxygen atoms in total. The third-order valence-corrected chi connectivity index (χ3v) is 5.85. The van der Waals surface area contributed by atoms with Crippen molar-refractivity contribution < 1.29 is 9.84 Å². The summed E-state index contributed by atoms with van der Waals surface area (Å²) in [5, 5.41) is 13.5. The lowest BCUT2D eigenvalue weighted by Crippen LogP contribution is -2.52. The van der Waals surface area contributed by atoms with Gasteiger partial charge in [0.1, 0.15) is 11.9 Å². The molecule has 0 atom stereocenters. The molecule has 2 fully saturated rings. The Hall–Kier alpha value is -2.96. The van der Waals surface area contributed by atoms with Gasteiger partial charge in [-0.1, -0.05) is 18.2 Å². The number of nitrogens with zero attached hydrogens (tertiary/aromatic N) is 4. The number of hydrogen-bond acceptors (Lipinski definition) is 5. The standard InChI is InChI=1S/C23H31N5O2/c1-24-23(28-14-12-27(13-15-28)20-8-4-5-9-21(20)29)26-17-18-10-11-22(25-16-18)30-19-6-2-3-7-19/h4-5,8-11,16,19,29H,2-3,6-7,12-15,17H2,1H3,(H,24,26). The van der Waals surface area contributed by atoms with Crippen LogP contribution in [0.5, 0.6) is 11.6 Å². The number of anilines is 1. The van der Waals surface area contributed by atoms with E-state index in [9.17, 15) is 5.11 Å². The van der Waals surface area contributed by atoms with Crippen molar-refractivity contribution in [3.05, 3.63) is 48.2 Å². The first-order valence-corrected chi connectivity index (χ1v) is 10.8. The van der Waals surface area contributed by atoms with Crippen LogP contribution in [0.25, 0.3) is 0 Å². The molecule has 0 spiro atoms. The molecule has 2 aromatic rings. The molecule has 160 valence electrons. The van der Waals surface area contributed by atoms with Crippen molar-refractivity contribution in [1.82, 2.24) is 15.2 Å². The zero-order valence-corrected chi connectivity index (χ0v) is 17.6. The zero-order valence-electron chi connectivity index (χ0n) is 17.6. The Morgan fingerprint density at radius 3 is 2.57 bits per heavy atom. The van der Waals surface area contributed by atoms with Crippen LogP contribution < -0.4 is 15.0 Å². The lowest BCUT2D eigenvalue weighted by atomic mass is 10.2. The van der Waals surface area contributed by atoms with Gasteiger partial charge >= 0.3 is 0 Å². The number of guanidine groups is 1. The van der Waals surface area contributed by atoms with Crippen LogP contribution in [0.3, 0.4) is 0 Å². The number of aromatic nitrogens is 1. The second kappa shape index (κ2) is 9.69. The summed E-state index contributed by atoms with van der Waals surface area (Å²) >= 11 is 0. The molecule has 0 bridgehead atoms. The van der Waals surface area contributed by atoms with Crippen molar-refractivity contribution in [2.75, 3.05) is 38.1 Å².